The number of para-hydroxylation sites is 1. The minimum absolute atomic E-state index is 0.0562. The predicted molar refractivity (Wildman–Crippen MR) is 111 cm³/mol. The number of hydrogen-bond acceptors (Lipinski definition) is 5. The van der Waals surface area contributed by atoms with Gasteiger partial charge in [-0.05, 0) is 43.7 Å². The second kappa shape index (κ2) is 9.82. The highest BCUT2D eigenvalue weighted by Crippen LogP contribution is 2.22. The van der Waals surface area contributed by atoms with Crippen LogP contribution < -0.4 is 0 Å². The molecule has 1 saturated heterocycles. The molecule has 1 heterocycles. The highest BCUT2D eigenvalue weighted by molar-refractivity contribution is 5.85. The molecule has 3 rings (SSSR count). The molecule has 2 aromatic carbocycles. The first-order valence-electron chi connectivity index (χ1n) is 9.80. The summed E-state index contributed by atoms with van der Waals surface area (Å²) in [6, 6.07) is 16.7. The molecule has 0 aliphatic carbocycles. The van der Waals surface area contributed by atoms with Crippen molar-refractivity contribution in [2.24, 2.45) is 11.1 Å². The van der Waals surface area contributed by atoms with E-state index in [4.69, 9.17) is 4.84 Å². The van der Waals surface area contributed by atoms with Gasteiger partial charge >= 0.3 is 0 Å². The zero-order valence-corrected chi connectivity index (χ0v) is 16.4. The van der Waals surface area contributed by atoms with E-state index in [1.807, 2.05) is 11.0 Å². The monoisotopic (exact) mass is 395 g/mol. The molecule has 0 saturated carbocycles. The molecule has 0 aromatic heterocycles. The molecule has 0 N–H and O–H groups in total. The third-order valence-corrected chi connectivity index (χ3v) is 5.19. The van der Waals surface area contributed by atoms with Gasteiger partial charge in [-0.3, -0.25) is 14.9 Å². The average Bonchev–Trinajstić information content (AvgIpc) is 2.74. The fraction of sp³-hybridized carbons (Fsp3) is 0.364. The smallest absolute Gasteiger partial charge is 0.278 e. The van der Waals surface area contributed by atoms with Crippen LogP contribution in [0, 0.1) is 16.0 Å². The molecule has 1 aliphatic heterocycles. The molecule has 0 radical (unpaired) electrons. The van der Waals surface area contributed by atoms with Crippen molar-refractivity contribution in [3.8, 4) is 0 Å². The summed E-state index contributed by atoms with van der Waals surface area (Å²) in [5, 5.41) is 14.8. The van der Waals surface area contributed by atoms with E-state index in [0.717, 1.165) is 19.3 Å². The average molecular weight is 395 g/mol. The Balaban J connectivity index is 1.48. The van der Waals surface area contributed by atoms with Gasteiger partial charge in [0, 0.05) is 19.2 Å². The number of oxime groups is 1. The third-order valence-electron chi connectivity index (χ3n) is 5.19. The number of carbonyl (C=O) groups excluding carboxylic acids is 1. The molecule has 0 bridgehead atoms. The maximum absolute atomic E-state index is 12.6. The molecule has 7 nitrogen and oxygen atoms in total. The maximum atomic E-state index is 12.6. The molecular formula is C22H25N3O4. The number of rotatable bonds is 7. The number of likely N-dealkylation sites (tertiary alicyclic amines) is 1. The van der Waals surface area contributed by atoms with Crippen LogP contribution in [0.1, 0.15) is 30.9 Å². The van der Waals surface area contributed by atoms with Crippen LogP contribution in [0.5, 0.6) is 0 Å². The Labute approximate surface area is 170 Å². The normalized spacial score (nSPS) is 16.0. The van der Waals surface area contributed by atoms with Crippen molar-refractivity contribution in [3.63, 3.8) is 0 Å². The number of amides is 1. The minimum Gasteiger partial charge on any atom is -0.383 e. The van der Waals surface area contributed by atoms with Gasteiger partial charge in [-0.2, -0.15) is 0 Å². The Hall–Kier alpha value is -3.22. The van der Waals surface area contributed by atoms with Crippen LogP contribution in [0.15, 0.2) is 59.8 Å². The number of hydrogen-bond donors (Lipinski definition) is 0. The lowest BCUT2D eigenvalue weighted by atomic mass is 9.90. The number of nitrogens with zero attached hydrogens (tertiary/aromatic N) is 3. The van der Waals surface area contributed by atoms with E-state index in [-0.39, 0.29) is 11.6 Å². The number of carbonyl (C=O) groups is 1. The van der Waals surface area contributed by atoms with E-state index in [0.29, 0.717) is 24.6 Å². The standard InChI is InChI=1S/C22H25N3O4/c1-17(29-23-16-20-9-5-6-10-21(20)25(27)28)22(26)24-13-11-19(12-14-24)15-18-7-3-2-4-8-18/h2-10,16-17,19H,11-15H2,1H3/b23-16+. The molecule has 0 spiro atoms. The van der Waals surface area contributed by atoms with E-state index in [1.165, 1.54) is 17.8 Å². The molecule has 1 amide bonds. The summed E-state index contributed by atoms with van der Waals surface area (Å²) in [5.74, 6) is 0.470. The second-order valence-corrected chi connectivity index (χ2v) is 7.26. The highest BCUT2D eigenvalue weighted by atomic mass is 16.6. The Morgan fingerprint density at radius 3 is 2.55 bits per heavy atom. The first-order chi connectivity index (χ1) is 14.0. The van der Waals surface area contributed by atoms with Gasteiger partial charge < -0.3 is 9.74 Å². The van der Waals surface area contributed by atoms with Gasteiger partial charge in [-0.15, -0.1) is 0 Å². The van der Waals surface area contributed by atoms with Crippen LogP contribution in [-0.4, -0.2) is 41.1 Å². The second-order valence-electron chi connectivity index (χ2n) is 7.26. The zero-order chi connectivity index (χ0) is 20.6. The van der Waals surface area contributed by atoms with Gasteiger partial charge in [0.1, 0.15) is 0 Å². The van der Waals surface area contributed by atoms with Crippen LogP contribution in [-0.2, 0) is 16.1 Å². The van der Waals surface area contributed by atoms with Crippen molar-refractivity contribution >= 4 is 17.8 Å². The maximum Gasteiger partial charge on any atom is 0.278 e. The molecule has 2 aromatic rings. The first kappa shape index (κ1) is 20.5. The zero-order valence-electron chi connectivity index (χ0n) is 16.4. The SMILES string of the molecule is CC(O/N=C/c1ccccc1[N+](=O)[O-])C(=O)N1CCC(Cc2ccccc2)CC1. The lowest BCUT2D eigenvalue weighted by Crippen LogP contribution is -2.43. The molecule has 1 unspecified atom stereocenters. The lowest BCUT2D eigenvalue weighted by molar-refractivity contribution is -0.385. The molecule has 152 valence electrons. The number of nitro groups is 1. The minimum atomic E-state index is -0.736. The number of benzene rings is 2. The molecule has 7 heteroatoms. The van der Waals surface area contributed by atoms with Crippen molar-refractivity contribution in [3.05, 3.63) is 75.8 Å². The highest BCUT2D eigenvalue weighted by Gasteiger charge is 2.27. The predicted octanol–water partition coefficient (Wildman–Crippen LogP) is 3.82. The van der Waals surface area contributed by atoms with E-state index < -0.39 is 11.0 Å². The summed E-state index contributed by atoms with van der Waals surface area (Å²) in [6.45, 7) is 3.06. The van der Waals surface area contributed by atoms with E-state index in [1.54, 1.807) is 25.1 Å². The van der Waals surface area contributed by atoms with Gasteiger partial charge in [0.15, 0.2) is 0 Å². The first-order valence-corrected chi connectivity index (χ1v) is 9.80. The molecule has 1 aliphatic rings. The van der Waals surface area contributed by atoms with Gasteiger partial charge in [0.2, 0.25) is 6.10 Å². The molecule has 1 atom stereocenters. The summed E-state index contributed by atoms with van der Waals surface area (Å²) < 4.78 is 0. The fourth-order valence-corrected chi connectivity index (χ4v) is 3.55. The van der Waals surface area contributed by atoms with Gasteiger partial charge in [-0.1, -0.05) is 47.6 Å². The number of piperidine rings is 1. The van der Waals surface area contributed by atoms with Crippen LogP contribution in [0.4, 0.5) is 5.69 Å². The molecule has 1 fully saturated rings. The summed E-state index contributed by atoms with van der Waals surface area (Å²) in [4.78, 5) is 30.2. The fourth-order valence-electron chi connectivity index (χ4n) is 3.55. The van der Waals surface area contributed by atoms with Crippen molar-refractivity contribution in [2.75, 3.05) is 13.1 Å². The lowest BCUT2D eigenvalue weighted by Gasteiger charge is -2.33. The van der Waals surface area contributed by atoms with Crippen molar-refractivity contribution in [2.45, 2.75) is 32.3 Å². The van der Waals surface area contributed by atoms with Crippen LogP contribution in [0.25, 0.3) is 0 Å². The van der Waals surface area contributed by atoms with Crippen LogP contribution >= 0.6 is 0 Å². The van der Waals surface area contributed by atoms with Crippen molar-refractivity contribution in [1.29, 1.82) is 0 Å². The largest absolute Gasteiger partial charge is 0.383 e. The Bertz CT molecular complexity index is 861. The van der Waals surface area contributed by atoms with E-state index in [9.17, 15) is 14.9 Å². The summed E-state index contributed by atoms with van der Waals surface area (Å²) >= 11 is 0. The quantitative estimate of drug-likeness (QED) is 0.405. The Morgan fingerprint density at radius 1 is 1.21 bits per heavy atom. The molecule has 29 heavy (non-hydrogen) atoms. The van der Waals surface area contributed by atoms with Crippen molar-refractivity contribution in [1.82, 2.24) is 4.90 Å². The molecular weight excluding hydrogens is 370 g/mol. The Kier molecular flexibility index (Phi) is 6.94. The van der Waals surface area contributed by atoms with Gasteiger partial charge in [0.05, 0.1) is 16.7 Å². The van der Waals surface area contributed by atoms with Gasteiger partial charge in [0.25, 0.3) is 11.6 Å². The summed E-state index contributed by atoms with van der Waals surface area (Å²) in [6.07, 6.45) is 3.50. The van der Waals surface area contributed by atoms with Gasteiger partial charge in [-0.25, -0.2) is 0 Å². The van der Waals surface area contributed by atoms with Crippen molar-refractivity contribution < 1.29 is 14.6 Å². The van der Waals surface area contributed by atoms with E-state index in [2.05, 4.69) is 29.4 Å². The Morgan fingerprint density at radius 2 is 1.86 bits per heavy atom. The number of nitro benzene ring substituents is 1. The van der Waals surface area contributed by atoms with Crippen LogP contribution in [0.3, 0.4) is 0 Å². The topological polar surface area (TPSA) is 85.0 Å². The summed E-state index contributed by atoms with van der Waals surface area (Å²) in [7, 11) is 0. The van der Waals surface area contributed by atoms with E-state index >= 15 is 0 Å². The third kappa shape index (κ3) is 5.63. The van der Waals surface area contributed by atoms with Crippen LogP contribution in [0.2, 0.25) is 0 Å². The summed E-state index contributed by atoms with van der Waals surface area (Å²) in [5.41, 5.74) is 1.61.